The lowest BCUT2D eigenvalue weighted by atomic mass is 10.4. The Morgan fingerprint density at radius 2 is 2.50 bits per heavy atom. The van der Waals surface area contributed by atoms with Crippen molar-refractivity contribution in [2.75, 3.05) is 6.54 Å². The molecule has 0 aromatic rings. The first-order valence-corrected chi connectivity index (χ1v) is 6.13. The summed E-state index contributed by atoms with van der Waals surface area (Å²) in [6, 6.07) is 1.32. The zero-order valence-electron chi connectivity index (χ0n) is 6.52. The number of rotatable bonds is 5. The van der Waals surface area contributed by atoms with Gasteiger partial charge < -0.3 is 5.32 Å². The lowest BCUT2D eigenvalue weighted by Gasteiger charge is -1.98. The molecule has 0 bridgehead atoms. The van der Waals surface area contributed by atoms with Crippen molar-refractivity contribution >= 4 is 15.4 Å². The molecule has 10 heavy (non-hydrogen) atoms. The summed E-state index contributed by atoms with van der Waals surface area (Å²) in [5.74, 6) is -0.0576. The second-order valence-corrected chi connectivity index (χ2v) is 3.91. The van der Waals surface area contributed by atoms with Crippen molar-refractivity contribution in [3.63, 3.8) is 0 Å². The highest BCUT2D eigenvalue weighted by Crippen LogP contribution is 1.84. The van der Waals surface area contributed by atoms with Gasteiger partial charge in [-0.15, -0.1) is 0 Å². The van der Waals surface area contributed by atoms with Gasteiger partial charge in [0, 0.05) is 16.1 Å². The molecular formula is C7H15NOSi. The fourth-order valence-corrected chi connectivity index (χ4v) is 1.41. The van der Waals surface area contributed by atoms with Crippen LogP contribution in [-0.2, 0) is 4.79 Å². The Morgan fingerprint density at radius 1 is 1.80 bits per heavy atom. The maximum atomic E-state index is 10.6. The van der Waals surface area contributed by atoms with Crippen molar-refractivity contribution in [2.45, 2.75) is 19.0 Å². The van der Waals surface area contributed by atoms with E-state index in [2.05, 4.69) is 18.4 Å². The van der Waals surface area contributed by atoms with Gasteiger partial charge in [-0.3, -0.25) is 4.79 Å². The second-order valence-electron chi connectivity index (χ2n) is 2.20. The summed E-state index contributed by atoms with van der Waals surface area (Å²) >= 11 is 0. The van der Waals surface area contributed by atoms with E-state index >= 15 is 0 Å². The van der Waals surface area contributed by atoms with Crippen LogP contribution in [0.25, 0.3) is 0 Å². The normalized spacial score (nSPS) is 10.1. The van der Waals surface area contributed by atoms with E-state index in [0.717, 1.165) is 13.0 Å². The largest absolute Gasteiger partial charge is 0.353 e. The average molecular weight is 157 g/mol. The fraction of sp³-hybridized carbons (Fsp3) is 0.571. The van der Waals surface area contributed by atoms with Crippen molar-refractivity contribution in [2.24, 2.45) is 0 Å². The standard InChI is InChI=1S/C7H15NOSi/c1-3-7(9)8-5-4-6-10-2/h3H,1,4-6,10H2,2H3,(H,8,9). The summed E-state index contributed by atoms with van der Waals surface area (Å²) in [4.78, 5) is 10.6. The van der Waals surface area contributed by atoms with Crippen molar-refractivity contribution in [1.29, 1.82) is 0 Å². The third-order valence-corrected chi connectivity index (χ3v) is 2.47. The molecule has 0 saturated heterocycles. The van der Waals surface area contributed by atoms with E-state index in [1.54, 1.807) is 0 Å². The highest BCUT2D eigenvalue weighted by atomic mass is 28.2. The number of hydrogen-bond acceptors (Lipinski definition) is 1. The molecule has 58 valence electrons. The molecule has 0 aromatic carbocycles. The van der Waals surface area contributed by atoms with Crippen LogP contribution in [0.4, 0.5) is 0 Å². The Morgan fingerprint density at radius 3 is 3.00 bits per heavy atom. The van der Waals surface area contributed by atoms with Gasteiger partial charge in [0.05, 0.1) is 0 Å². The maximum Gasteiger partial charge on any atom is 0.243 e. The van der Waals surface area contributed by atoms with Crippen molar-refractivity contribution in [3.05, 3.63) is 12.7 Å². The molecule has 3 heteroatoms. The first-order valence-electron chi connectivity index (χ1n) is 3.71. The predicted octanol–water partition coefficient (Wildman–Crippen LogP) is 0.314. The number of carbonyl (C=O) groups is 1. The molecule has 0 atom stereocenters. The van der Waals surface area contributed by atoms with Crippen LogP contribution in [0.5, 0.6) is 0 Å². The monoisotopic (exact) mass is 157 g/mol. The van der Waals surface area contributed by atoms with Crippen LogP contribution in [0.15, 0.2) is 12.7 Å². The van der Waals surface area contributed by atoms with E-state index in [9.17, 15) is 4.79 Å². The summed E-state index contributed by atoms with van der Waals surface area (Å²) in [6.07, 6.45) is 2.44. The van der Waals surface area contributed by atoms with Gasteiger partial charge in [0.1, 0.15) is 0 Å². The molecule has 0 radical (unpaired) electrons. The van der Waals surface area contributed by atoms with E-state index < -0.39 is 0 Å². The minimum Gasteiger partial charge on any atom is -0.353 e. The molecule has 1 N–H and O–H groups in total. The Kier molecular flexibility index (Phi) is 6.17. The lowest BCUT2D eigenvalue weighted by molar-refractivity contribution is -0.116. The Bertz CT molecular complexity index is 114. The van der Waals surface area contributed by atoms with Crippen molar-refractivity contribution in [3.8, 4) is 0 Å². The fourth-order valence-electron chi connectivity index (χ4n) is 0.659. The highest BCUT2D eigenvalue weighted by Gasteiger charge is 1.90. The van der Waals surface area contributed by atoms with Crippen LogP contribution in [-0.4, -0.2) is 22.0 Å². The van der Waals surface area contributed by atoms with Gasteiger partial charge in [0.2, 0.25) is 5.91 Å². The van der Waals surface area contributed by atoms with Gasteiger partial charge in [0.25, 0.3) is 0 Å². The maximum absolute atomic E-state index is 10.6. The summed E-state index contributed by atoms with van der Waals surface area (Å²) in [5.41, 5.74) is 0. The third-order valence-electron chi connectivity index (χ3n) is 1.26. The Labute approximate surface area is 64.5 Å². The summed E-state index contributed by atoms with van der Waals surface area (Å²) in [5, 5.41) is 2.73. The van der Waals surface area contributed by atoms with E-state index in [0.29, 0.717) is 0 Å². The van der Waals surface area contributed by atoms with Gasteiger partial charge in [-0.25, -0.2) is 0 Å². The molecule has 0 aromatic heterocycles. The van der Waals surface area contributed by atoms with Gasteiger partial charge in [-0.05, 0) is 12.5 Å². The summed E-state index contributed by atoms with van der Waals surface area (Å²) in [7, 11) is 0.186. The number of hydrogen-bond donors (Lipinski definition) is 1. The lowest BCUT2D eigenvalue weighted by Crippen LogP contribution is -2.21. The average Bonchev–Trinajstić information content (AvgIpc) is 1.98. The van der Waals surface area contributed by atoms with Gasteiger partial charge in [0.15, 0.2) is 0 Å². The molecule has 0 saturated carbocycles. The van der Waals surface area contributed by atoms with Gasteiger partial charge >= 0.3 is 0 Å². The smallest absolute Gasteiger partial charge is 0.243 e. The van der Waals surface area contributed by atoms with Crippen LogP contribution in [0.3, 0.4) is 0 Å². The number of nitrogens with one attached hydrogen (secondary N) is 1. The molecule has 2 nitrogen and oxygen atoms in total. The third kappa shape index (κ3) is 5.56. The van der Waals surface area contributed by atoms with Crippen LogP contribution < -0.4 is 5.32 Å². The van der Waals surface area contributed by atoms with Crippen molar-refractivity contribution < 1.29 is 4.79 Å². The minimum absolute atomic E-state index is 0.0576. The molecule has 0 fully saturated rings. The Hall–Kier alpha value is -0.573. The van der Waals surface area contributed by atoms with Crippen LogP contribution in [0, 0.1) is 0 Å². The molecule has 0 rings (SSSR count). The minimum atomic E-state index is -0.0576. The quantitative estimate of drug-likeness (QED) is 0.347. The van der Waals surface area contributed by atoms with Crippen LogP contribution in [0.1, 0.15) is 6.42 Å². The van der Waals surface area contributed by atoms with Gasteiger partial charge in [-0.2, -0.15) is 0 Å². The highest BCUT2D eigenvalue weighted by molar-refractivity contribution is 6.33. The molecule has 1 amide bonds. The summed E-state index contributed by atoms with van der Waals surface area (Å²) < 4.78 is 0. The molecule has 0 spiro atoms. The number of carbonyl (C=O) groups excluding carboxylic acids is 1. The molecule has 0 heterocycles. The van der Waals surface area contributed by atoms with Crippen LogP contribution in [0.2, 0.25) is 12.6 Å². The predicted molar refractivity (Wildman–Crippen MR) is 47.0 cm³/mol. The summed E-state index contributed by atoms with van der Waals surface area (Å²) in [6.45, 7) is 6.44. The number of amides is 1. The van der Waals surface area contributed by atoms with E-state index in [1.165, 1.54) is 12.1 Å². The SMILES string of the molecule is C=CC(=O)NCCC[SiH2]C. The molecular weight excluding hydrogens is 142 g/mol. The molecule has 0 unspecified atom stereocenters. The first-order chi connectivity index (χ1) is 4.81. The topological polar surface area (TPSA) is 29.1 Å². The molecule has 0 aliphatic carbocycles. The second kappa shape index (κ2) is 6.55. The Balaban J connectivity index is 3.03. The zero-order valence-corrected chi connectivity index (χ0v) is 7.94. The van der Waals surface area contributed by atoms with E-state index in [1.807, 2.05) is 0 Å². The van der Waals surface area contributed by atoms with Gasteiger partial charge in [-0.1, -0.05) is 19.2 Å². The zero-order chi connectivity index (χ0) is 7.82. The molecule has 0 aliphatic rings. The van der Waals surface area contributed by atoms with Crippen molar-refractivity contribution in [1.82, 2.24) is 5.32 Å². The van der Waals surface area contributed by atoms with E-state index in [4.69, 9.17) is 0 Å². The van der Waals surface area contributed by atoms with Crippen LogP contribution >= 0.6 is 0 Å². The first kappa shape index (κ1) is 9.43. The molecule has 0 aliphatic heterocycles. The van der Waals surface area contributed by atoms with E-state index in [-0.39, 0.29) is 15.4 Å².